The molecule has 1 atom stereocenters. The minimum Gasteiger partial charge on any atom is -0.0683 e. The highest BCUT2D eigenvalue weighted by atomic mass is 14.3. The zero-order chi connectivity index (χ0) is 32.6. The standard InChI is InChI=1S/C13H24.C12H26.C9H20.C7H14.C2H6/c1-3-7-12(8-4-1)11-13-9-5-2-6-10-13;1-5-7-8-9-11-12(3,4)10-6-2;1-4-6-8-9(3)7-5-2;1-7-5-3-2-4-6-7;1-2/h12-13H,1-11H2;5-11H2,1-4H3;9H,4-8H2,1-3H3;7H,2-6H2,1H3;1-2H3. The van der Waals surface area contributed by atoms with Crippen molar-refractivity contribution in [2.45, 2.75) is 249 Å². The van der Waals surface area contributed by atoms with Crippen molar-refractivity contribution in [3.05, 3.63) is 0 Å². The van der Waals surface area contributed by atoms with Crippen LogP contribution in [0.25, 0.3) is 0 Å². The summed E-state index contributed by atoms with van der Waals surface area (Å²) in [4.78, 5) is 0. The molecule has 0 amide bonds. The highest BCUT2D eigenvalue weighted by molar-refractivity contribution is 4.73. The fraction of sp³-hybridized carbons (Fsp3) is 1.00. The Morgan fingerprint density at radius 2 is 0.977 bits per heavy atom. The first-order chi connectivity index (χ1) is 20.8. The van der Waals surface area contributed by atoms with E-state index in [1.807, 2.05) is 13.8 Å². The summed E-state index contributed by atoms with van der Waals surface area (Å²) >= 11 is 0. The van der Waals surface area contributed by atoms with Gasteiger partial charge in [0.05, 0.1) is 0 Å². The molecule has 0 aromatic rings. The summed E-state index contributed by atoms with van der Waals surface area (Å²) in [6.07, 6.45) is 41.1. The van der Waals surface area contributed by atoms with Gasteiger partial charge < -0.3 is 0 Å². The van der Waals surface area contributed by atoms with Crippen molar-refractivity contribution >= 4 is 0 Å². The van der Waals surface area contributed by atoms with Crippen molar-refractivity contribution < 1.29 is 0 Å². The van der Waals surface area contributed by atoms with Gasteiger partial charge in [-0.05, 0) is 48.3 Å². The molecule has 0 bridgehead atoms. The molecule has 3 aliphatic carbocycles. The lowest BCUT2D eigenvalue weighted by Gasteiger charge is -2.28. The molecule has 0 spiro atoms. The molecule has 0 aromatic carbocycles. The third kappa shape index (κ3) is 31.8. The SMILES string of the molecule is C1CCC(CC2CCCCC2)CC1.CC.CC1CCCCC1.CCCCC(C)CCC.CCCCCCC(C)(C)CCC. The van der Waals surface area contributed by atoms with Crippen LogP contribution in [0.3, 0.4) is 0 Å². The molecule has 0 N–H and O–H groups in total. The second kappa shape index (κ2) is 33.4. The third-order valence-electron chi connectivity index (χ3n) is 10.5. The molecule has 3 fully saturated rings. The first kappa shape index (κ1) is 45.1. The highest BCUT2D eigenvalue weighted by Crippen LogP contribution is 2.35. The topological polar surface area (TPSA) is 0 Å². The summed E-state index contributed by atoms with van der Waals surface area (Å²) < 4.78 is 0. The molecule has 43 heavy (non-hydrogen) atoms. The summed E-state index contributed by atoms with van der Waals surface area (Å²) in [5, 5.41) is 0. The fourth-order valence-electron chi connectivity index (χ4n) is 7.65. The van der Waals surface area contributed by atoms with Crippen LogP contribution in [0.15, 0.2) is 0 Å². The second-order valence-corrected chi connectivity index (χ2v) is 15.7. The molecule has 0 nitrogen and oxygen atoms in total. The monoisotopic (exact) mass is 607 g/mol. The van der Waals surface area contributed by atoms with Crippen LogP contribution in [0.5, 0.6) is 0 Å². The molecule has 0 heteroatoms. The molecule has 1 unspecified atom stereocenters. The van der Waals surface area contributed by atoms with Gasteiger partial charge in [-0.25, -0.2) is 0 Å². The van der Waals surface area contributed by atoms with E-state index in [-0.39, 0.29) is 0 Å². The molecule has 0 saturated heterocycles. The summed E-state index contributed by atoms with van der Waals surface area (Å²) in [7, 11) is 0. The summed E-state index contributed by atoms with van der Waals surface area (Å²) in [5.41, 5.74) is 0.600. The zero-order valence-electron chi connectivity index (χ0n) is 32.6. The Kier molecular flexibility index (Phi) is 35.0. The van der Waals surface area contributed by atoms with Crippen LogP contribution in [-0.4, -0.2) is 0 Å². The largest absolute Gasteiger partial charge is 0.0683 e. The quantitative estimate of drug-likeness (QED) is 0.173. The lowest BCUT2D eigenvalue weighted by molar-refractivity contribution is 0.244. The second-order valence-electron chi connectivity index (χ2n) is 15.7. The maximum Gasteiger partial charge on any atom is -0.0354 e. The van der Waals surface area contributed by atoms with Gasteiger partial charge in [-0.15, -0.1) is 0 Å². The van der Waals surface area contributed by atoms with Crippen molar-refractivity contribution in [2.24, 2.45) is 29.1 Å². The van der Waals surface area contributed by atoms with Gasteiger partial charge in [0.15, 0.2) is 0 Å². The van der Waals surface area contributed by atoms with Crippen LogP contribution < -0.4 is 0 Å². The zero-order valence-corrected chi connectivity index (χ0v) is 32.6. The summed E-state index contributed by atoms with van der Waals surface area (Å²) in [6, 6.07) is 0. The van der Waals surface area contributed by atoms with E-state index in [1.54, 1.807) is 32.1 Å². The van der Waals surface area contributed by atoms with Crippen molar-refractivity contribution in [3.63, 3.8) is 0 Å². The summed E-state index contributed by atoms with van der Waals surface area (Å²) in [5.74, 6) is 4.25. The van der Waals surface area contributed by atoms with Gasteiger partial charge in [0.2, 0.25) is 0 Å². The lowest BCUT2D eigenvalue weighted by atomic mass is 9.78. The van der Waals surface area contributed by atoms with Crippen LogP contribution in [0.4, 0.5) is 0 Å². The lowest BCUT2D eigenvalue weighted by Crippen LogP contribution is -2.14. The molecule has 3 saturated carbocycles. The summed E-state index contributed by atoms with van der Waals surface area (Å²) in [6.45, 7) is 22.6. The van der Waals surface area contributed by atoms with Crippen molar-refractivity contribution in [2.75, 3.05) is 0 Å². The molecular weight excluding hydrogens is 516 g/mol. The molecule has 0 aliphatic heterocycles. The van der Waals surface area contributed by atoms with Gasteiger partial charge in [-0.2, -0.15) is 0 Å². The third-order valence-corrected chi connectivity index (χ3v) is 10.5. The van der Waals surface area contributed by atoms with Crippen LogP contribution in [-0.2, 0) is 0 Å². The highest BCUT2D eigenvalue weighted by Gasteiger charge is 2.20. The van der Waals surface area contributed by atoms with E-state index < -0.39 is 0 Å². The number of unbranched alkanes of at least 4 members (excludes halogenated alkanes) is 4. The maximum absolute atomic E-state index is 2.41. The minimum absolute atomic E-state index is 0.600. The van der Waals surface area contributed by atoms with Gasteiger partial charge in [0.1, 0.15) is 0 Å². The number of hydrogen-bond acceptors (Lipinski definition) is 0. The van der Waals surface area contributed by atoms with E-state index in [0.717, 1.165) is 23.7 Å². The van der Waals surface area contributed by atoms with Crippen LogP contribution in [0.1, 0.15) is 249 Å². The Morgan fingerprint density at radius 3 is 1.35 bits per heavy atom. The predicted molar refractivity (Wildman–Crippen MR) is 202 cm³/mol. The van der Waals surface area contributed by atoms with E-state index >= 15 is 0 Å². The normalized spacial score (nSPS) is 18.8. The van der Waals surface area contributed by atoms with E-state index in [2.05, 4.69) is 55.4 Å². The fourth-order valence-corrected chi connectivity index (χ4v) is 7.65. The Morgan fingerprint density at radius 1 is 0.512 bits per heavy atom. The molecule has 0 heterocycles. The van der Waals surface area contributed by atoms with Crippen LogP contribution in [0.2, 0.25) is 0 Å². The van der Waals surface area contributed by atoms with E-state index in [4.69, 9.17) is 0 Å². The molecule has 0 aromatic heterocycles. The van der Waals surface area contributed by atoms with Gasteiger partial charge in [0, 0.05) is 0 Å². The van der Waals surface area contributed by atoms with Gasteiger partial charge in [0.25, 0.3) is 0 Å². The van der Waals surface area contributed by atoms with Crippen molar-refractivity contribution in [1.82, 2.24) is 0 Å². The van der Waals surface area contributed by atoms with Gasteiger partial charge in [-0.3, -0.25) is 0 Å². The molecule has 3 rings (SSSR count). The molecule has 3 aliphatic rings. The smallest absolute Gasteiger partial charge is 0.0354 e. The first-order valence-corrected chi connectivity index (χ1v) is 20.8. The van der Waals surface area contributed by atoms with E-state index in [1.165, 1.54) is 148 Å². The number of rotatable bonds is 14. The Labute approximate surface area is 277 Å². The van der Waals surface area contributed by atoms with E-state index in [9.17, 15) is 0 Å². The van der Waals surface area contributed by atoms with Gasteiger partial charge >= 0.3 is 0 Å². The van der Waals surface area contributed by atoms with E-state index in [0.29, 0.717) is 5.41 Å². The van der Waals surface area contributed by atoms with Gasteiger partial charge in [-0.1, -0.05) is 230 Å². The molecule has 262 valence electrons. The predicted octanol–water partition coefficient (Wildman–Crippen LogP) is 16.5. The Hall–Kier alpha value is 0. The average molecular weight is 607 g/mol. The molecule has 0 radical (unpaired) electrons. The average Bonchev–Trinajstić information content (AvgIpc) is 3.02. The molecular formula is C43H90. The van der Waals surface area contributed by atoms with Crippen LogP contribution in [0, 0.1) is 29.1 Å². The maximum atomic E-state index is 2.41. The Balaban J connectivity index is 0. The minimum atomic E-state index is 0.600. The van der Waals surface area contributed by atoms with Crippen molar-refractivity contribution in [1.29, 1.82) is 0 Å². The Bertz CT molecular complexity index is 470. The van der Waals surface area contributed by atoms with Crippen LogP contribution >= 0.6 is 0 Å². The first-order valence-electron chi connectivity index (χ1n) is 20.8. The number of hydrogen-bond donors (Lipinski definition) is 0. The van der Waals surface area contributed by atoms with Crippen molar-refractivity contribution in [3.8, 4) is 0 Å².